The molecule has 1 aliphatic carbocycles. The summed E-state index contributed by atoms with van der Waals surface area (Å²) in [6.07, 6.45) is 3.75. The zero-order valence-corrected chi connectivity index (χ0v) is 34.2. The van der Waals surface area contributed by atoms with E-state index < -0.39 is 55.1 Å². The molecule has 4 aromatic rings. The van der Waals surface area contributed by atoms with Crippen LogP contribution >= 0.6 is 0 Å². The van der Waals surface area contributed by atoms with Gasteiger partial charge in [-0.1, -0.05) is 70.2 Å². The molecule has 314 valence electrons. The second kappa shape index (κ2) is 16.8. The normalized spacial score (nSPS) is 19.5. The van der Waals surface area contributed by atoms with Crippen LogP contribution in [0.2, 0.25) is 0 Å². The predicted octanol–water partition coefficient (Wildman–Crippen LogP) is 6.96. The van der Waals surface area contributed by atoms with Crippen molar-refractivity contribution < 1.29 is 37.4 Å². The predicted molar refractivity (Wildman–Crippen MR) is 215 cm³/mol. The summed E-state index contributed by atoms with van der Waals surface area (Å²) in [6, 6.07) is 11.3. The standard InChI is InChI=1S/C43H52F2N8O6/c1-23(2)34(50-41(56)58-5)39(54)52-18-8-11-32(52)38-47-30-10-7-9-28-19-27(16-17-29(28)36(30)49-38)25-12-14-26(15-13-25)31-21-46-37(48-31)33-20-43(44,45)22-53(33)40(55)35(24(3)4)51-42(57)59-6/h12-17,19,21,23-24,32-35H,7-11,18,20,22H2,1-6H3,(H,46,48)(H,47,49)(H,50,56)(H,51,57)/t32-,33-,34-,35-/m0/s1. The van der Waals surface area contributed by atoms with Crippen LogP contribution in [0.5, 0.6) is 0 Å². The molecule has 14 nitrogen and oxygen atoms in total. The summed E-state index contributed by atoms with van der Waals surface area (Å²) in [4.78, 5) is 70.5. The first-order valence-corrected chi connectivity index (χ1v) is 20.2. The highest BCUT2D eigenvalue weighted by molar-refractivity contribution is 5.87. The van der Waals surface area contributed by atoms with E-state index in [2.05, 4.69) is 48.5 Å². The second-order valence-electron chi connectivity index (χ2n) is 16.4. The average molecular weight is 815 g/mol. The number of nitrogens with zero attached hydrogens (tertiary/aromatic N) is 4. The number of rotatable bonds is 10. The summed E-state index contributed by atoms with van der Waals surface area (Å²) in [5, 5.41) is 5.20. The van der Waals surface area contributed by atoms with Gasteiger partial charge in [0.05, 0.1) is 50.4 Å². The lowest BCUT2D eigenvalue weighted by Gasteiger charge is -2.30. The van der Waals surface area contributed by atoms with E-state index in [0.717, 1.165) is 76.5 Å². The maximum absolute atomic E-state index is 14.8. The Morgan fingerprint density at radius 2 is 1.42 bits per heavy atom. The summed E-state index contributed by atoms with van der Waals surface area (Å²) in [5.74, 6) is -3.40. The minimum atomic E-state index is -3.13. The number of H-pyrrole nitrogens is 2. The highest BCUT2D eigenvalue weighted by Crippen LogP contribution is 2.42. The molecule has 4 atom stereocenters. The van der Waals surface area contributed by atoms with E-state index in [1.807, 2.05) is 43.0 Å². The number of ether oxygens (including phenoxy) is 2. The van der Waals surface area contributed by atoms with Gasteiger partial charge in [0.15, 0.2) is 0 Å². The van der Waals surface area contributed by atoms with E-state index in [0.29, 0.717) is 12.2 Å². The second-order valence-corrected chi connectivity index (χ2v) is 16.4. The summed E-state index contributed by atoms with van der Waals surface area (Å²) in [6.45, 7) is 7.04. The maximum Gasteiger partial charge on any atom is 0.407 e. The SMILES string of the molecule is COC(=O)N[C@H](C(=O)N1CC(F)(F)C[C@H]1c1ncc(-c2ccc(-c3ccc4c(c3)CCCc3[nH]c([C@@H]5CCCN5C(=O)[C@@H](NC(=O)OC)C(C)C)nc3-4)cc2)[nH]1)C(C)C. The molecule has 2 saturated heterocycles. The molecule has 0 unspecified atom stereocenters. The molecule has 2 aromatic carbocycles. The number of fused-ring (bicyclic) bond motifs is 3. The minimum absolute atomic E-state index is 0.125. The van der Waals surface area contributed by atoms with Crippen LogP contribution < -0.4 is 10.6 Å². The van der Waals surface area contributed by atoms with Crippen molar-refractivity contribution in [1.82, 2.24) is 40.4 Å². The van der Waals surface area contributed by atoms with Crippen molar-refractivity contribution in [3.05, 3.63) is 71.6 Å². The van der Waals surface area contributed by atoms with Gasteiger partial charge < -0.3 is 39.9 Å². The molecule has 0 bridgehead atoms. The van der Waals surface area contributed by atoms with Crippen LogP contribution in [0.15, 0.2) is 48.7 Å². The monoisotopic (exact) mass is 814 g/mol. The van der Waals surface area contributed by atoms with Crippen LogP contribution in [0.4, 0.5) is 18.4 Å². The summed E-state index contributed by atoms with van der Waals surface area (Å²) >= 11 is 0. The van der Waals surface area contributed by atoms with Crippen LogP contribution in [0.3, 0.4) is 0 Å². The first kappa shape index (κ1) is 41.4. The Labute approximate surface area is 341 Å². The van der Waals surface area contributed by atoms with Crippen molar-refractivity contribution in [1.29, 1.82) is 0 Å². The fraction of sp³-hybridized carbons (Fsp3) is 0.488. The highest BCUT2D eigenvalue weighted by Gasteiger charge is 2.50. The number of aromatic amines is 2. The molecule has 2 aliphatic heterocycles. The molecule has 7 rings (SSSR count). The van der Waals surface area contributed by atoms with Gasteiger partial charge in [-0.25, -0.2) is 28.3 Å². The van der Waals surface area contributed by atoms with Gasteiger partial charge >= 0.3 is 12.2 Å². The van der Waals surface area contributed by atoms with E-state index in [4.69, 9.17) is 9.72 Å². The van der Waals surface area contributed by atoms with Crippen LogP contribution in [0.1, 0.15) is 88.4 Å². The summed E-state index contributed by atoms with van der Waals surface area (Å²) < 4.78 is 39.1. The molecule has 2 fully saturated rings. The van der Waals surface area contributed by atoms with Gasteiger partial charge in [0.25, 0.3) is 5.92 Å². The van der Waals surface area contributed by atoms with Crippen molar-refractivity contribution in [3.8, 4) is 33.6 Å². The van der Waals surface area contributed by atoms with Crippen molar-refractivity contribution in [2.75, 3.05) is 27.3 Å². The third-order valence-corrected chi connectivity index (χ3v) is 11.7. The Morgan fingerprint density at radius 1 is 0.797 bits per heavy atom. The van der Waals surface area contributed by atoms with Crippen LogP contribution in [0, 0.1) is 11.8 Å². The van der Waals surface area contributed by atoms with Crippen molar-refractivity contribution in [3.63, 3.8) is 0 Å². The Kier molecular flexibility index (Phi) is 11.8. The molecule has 3 aliphatic rings. The maximum atomic E-state index is 14.8. The van der Waals surface area contributed by atoms with Gasteiger partial charge in [-0.2, -0.15) is 0 Å². The lowest BCUT2D eigenvalue weighted by Crippen LogP contribution is -2.51. The fourth-order valence-corrected chi connectivity index (χ4v) is 8.52. The topological polar surface area (TPSA) is 175 Å². The van der Waals surface area contributed by atoms with Crippen LogP contribution in [-0.2, 0) is 31.9 Å². The molecular weight excluding hydrogens is 763 g/mol. The zero-order chi connectivity index (χ0) is 42.2. The number of alkyl halides is 2. The number of likely N-dealkylation sites (tertiary alicyclic amines) is 2. The van der Waals surface area contributed by atoms with Gasteiger partial charge in [-0.3, -0.25) is 9.59 Å². The third-order valence-electron chi connectivity index (χ3n) is 11.7. The first-order valence-electron chi connectivity index (χ1n) is 20.2. The number of aromatic nitrogens is 4. The van der Waals surface area contributed by atoms with Gasteiger partial charge in [-0.05, 0) is 66.2 Å². The molecule has 4 amide bonds. The molecule has 16 heteroatoms. The highest BCUT2D eigenvalue weighted by atomic mass is 19.3. The number of hydrogen-bond acceptors (Lipinski definition) is 8. The summed E-state index contributed by atoms with van der Waals surface area (Å²) in [7, 11) is 2.46. The number of nitrogens with one attached hydrogen (secondary N) is 4. The van der Waals surface area contributed by atoms with Crippen molar-refractivity contribution >= 4 is 24.0 Å². The van der Waals surface area contributed by atoms with E-state index in [9.17, 15) is 28.0 Å². The number of amides is 4. The Hall–Kier alpha value is -5.80. The molecule has 0 radical (unpaired) electrons. The first-order chi connectivity index (χ1) is 28.2. The molecular formula is C43H52F2N8O6. The largest absolute Gasteiger partial charge is 0.453 e. The third kappa shape index (κ3) is 8.53. The fourth-order valence-electron chi connectivity index (χ4n) is 8.52. The number of imidazole rings is 2. The van der Waals surface area contributed by atoms with Crippen LogP contribution in [-0.4, -0.2) is 99.1 Å². The number of alkyl carbamates (subject to hydrolysis) is 2. The Morgan fingerprint density at radius 3 is 2.07 bits per heavy atom. The van der Waals surface area contributed by atoms with E-state index >= 15 is 0 Å². The Balaban J connectivity index is 1.08. The summed E-state index contributed by atoms with van der Waals surface area (Å²) in [5.41, 5.74) is 7.63. The molecule has 0 spiro atoms. The van der Waals surface area contributed by atoms with Crippen molar-refractivity contribution in [2.24, 2.45) is 11.8 Å². The minimum Gasteiger partial charge on any atom is -0.453 e. The van der Waals surface area contributed by atoms with E-state index in [-0.39, 0.29) is 29.6 Å². The molecule has 4 heterocycles. The van der Waals surface area contributed by atoms with Gasteiger partial charge in [0.2, 0.25) is 11.8 Å². The number of benzene rings is 2. The molecule has 2 aromatic heterocycles. The lowest BCUT2D eigenvalue weighted by atomic mass is 9.95. The van der Waals surface area contributed by atoms with E-state index in [1.165, 1.54) is 19.8 Å². The Bertz CT molecular complexity index is 2200. The smallest absolute Gasteiger partial charge is 0.407 e. The van der Waals surface area contributed by atoms with E-state index in [1.54, 1.807) is 20.0 Å². The number of carbonyl (C=O) groups excluding carboxylic acids is 4. The van der Waals surface area contributed by atoms with Crippen LogP contribution in [0.25, 0.3) is 33.6 Å². The van der Waals surface area contributed by atoms with Gasteiger partial charge in [0, 0.05) is 24.2 Å². The lowest BCUT2D eigenvalue weighted by molar-refractivity contribution is -0.137. The molecule has 4 N–H and O–H groups in total. The number of aryl methyl sites for hydroxylation is 2. The number of hydrogen-bond donors (Lipinski definition) is 4. The van der Waals surface area contributed by atoms with Gasteiger partial charge in [0.1, 0.15) is 23.7 Å². The molecule has 59 heavy (non-hydrogen) atoms. The number of methoxy groups -OCH3 is 2. The zero-order valence-electron chi connectivity index (χ0n) is 34.2. The number of halogens is 2. The quantitative estimate of drug-likeness (QED) is 0.133. The van der Waals surface area contributed by atoms with Crippen molar-refractivity contribution in [2.45, 2.75) is 96.3 Å². The number of carbonyl (C=O) groups is 4. The van der Waals surface area contributed by atoms with Gasteiger partial charge in [-0.15, -0.1) is 0 Å². The molecule has 0 saturated carbocycles. The average Bonchev–Trinajstić information content (AvgIpc) is 4.03.